The molecule has 1 aliphatic rings. The zero-order valence-electron chi connectivity index (χ0n) is 18.9. The van der Waals surface area contributed by atoms with Gasteiger partial charge >= 0.3 is 5.97 Å². The average molecular weight is 481 g/mol. The maximum atomic E-state index is 12.7. The van der Waals surface area contributed by atoms with Crippen LogP contribution in [-0.4, -0.2) is 40.2 Å². The molecule has 1 aromatic heterocycles. The van der Waals surface area contributed by atoms with Gasteiger partial charge in [-0.2, -0.15) is 5.10 Å². The monoisotopic (exact) mass is 480 g/mol. The molecule has 4 rings (SSSR count). The minimum Gasteiger partial charge on any atom is -0.452 e. The van der Waals surface area contributed by atoms with Crippen molar-refractivity contribution in [2.24, 2.45) is 0 Å². The standard InChI is InChI=1S/C25H25ClN4O4/c1-15-23(16(2)30(29-15)13-17-7-3-5-9-20(17)26)25(33)34-14-22(31)28-21-10-6-4-8-19(21)24(32)27-18-11-12-18/h3-10,18H,11-14H2,1-2H3,(H,27,32)(H,28,31). The summed E-state index contributed by atoms with van der Waals surface area (Å²) in [6.45, 7) is 3.38. The van der Waals surface area contributed by atoms with Crippen LogP contribution >= 0.6 is 11.6 Å². The highest BCUT2D eigenvalue weighted by Gasteiger charge is 2.25. The van der Waals surface area contributed by atoms with Crippen molar-refractivity contribution in [3.8, 4) is 0 Å². The Hall–Kier alpha value is -3.65. The van der Waals surface area contributed by atoms with Gasteiger partial charge in [-0.25, -0.2) is 4.79 Å². The van der Waals surface area contributed by atoms with E-state index in [0.29, 0.717) is 39.8 Å². The van der Waals surface area contributed by atoms with E-state index in [2.05, 4.69) is 15.7 Å². The summed E-state index contributed by atoms with van der Waals surface area (Å²) in [6, 6.07) is 14.3. The van der Waals surface area contributed by atoms with Gasteiger partial charge < -0.3 is 15.4 Å². The second-order valence-electron chi connectivity index (χ2n) is 8.21. The molecule has 0 unspecified atom stereocenters. The predicted octanol–water partition coefficient (Wildman–Crippen LogP) is 3.89. The molecule has 2 N–H and O–H groups in total. The number of hydrogen-bond acceptors (Lipinski definition) is 5. The fraction of sp³-hybridized carbons (Fsp3) is 0.280. The van der Waals surface area contributed by atoms with Crippen LogP contribution in [0.3, 0.4) is 0 Å². The van der Waals surface area contributed by atoms with Crippen LogP contribution in [0.4, 0.5) is 5.69 Å². The van der Waals surface area contributed by atoms with Crippen LogP contribution in [0.2, 0.25) is 5.02 Å². The van der Waals surface area contributed by atoms with Crippen LogP contribution in [0.15, 0.2) is 48.5 Å². The average Bonchev–Trinajstić information content (AvgIpc) is 3.58. The lowest BCUT2D eigenvalue weighted by Gasteiger charge is -2.11. The molecule has 8 nitrogen and oxygen atoms in total. The fourth-order valence-corrected chi connectivity index (χ4v) is 3.80. The zero-order chi connectivity index (χ0) is 24.2. The molecule has 0 saturated heterocycles. The number of amides is 2. The maximum Gasteiger partial charge on any atom is 0.342 e. The number of rotatable bonds is 8. The second-order valence-corrected chi connectivity index (χ2v) is 8.62. The van der Waals surface area contributed by atoms with E-state index >= 15 is 0 Å². The summed E-state index contributed by atoms with van der Waals surface area (Å²) in [4.78, 5) is 37.6. The first-order chi connectivity index (χ1) is 16.3. The van der Waals surface area contributed by atoms with Gasteiger partial charge in [0.25, 0.3) is 11.8 Å². The Morgan fingerprint density at radius 3 is 2.53 bits per heavy atom. The molecular formula is C25H25ClN4O4. The first-order valence-corrected chi connectivity index (χ1v) is 11.4. The number of aromatic nitrogens is 2. The SMILES string of the molecule is Cc1nn(Cc2ccccc2Cl)c(C)c1C(=O)OCC(=O)Nc1ccccc1C(=O)NC1CC1. The lowest BCUT2D eigenvalue weighted by Crippen LogP contribution is -2.28. The number of nitrogens with zero attached hydrogens (tertiary/aromatic N) is 2. The summed E-state index contributed by atoms with van der Waals surface area (Å²) in [5.74, 6) is -1.43. The third-order valence-corrected chi connectivity index (χ3v) is 5.92. The number of hydrogen-bond donors (Lipinski definition) is 2. The fourth-order valence-electron chi connectivity index (χ4n) is 3.60. The Morgan fingerprint density at radius 2 is 1.79 bits per heavy atom. The van der Waals surface area contributed by atoms with Gasteiger partial charge in [0.15, 0.2) is 6.61 Å². The lowest BCUT2D eigenvalue weighted by molar-refractivity contribution is -0.119. The number of anilines is 1. The summed E-state index contributed by atoms with van der Waals surface area (Å²) < 4.78 is 6.94. The molecular weight excluding hydrogens is 456 g/mol. The molecule has 0 bridgehead atoms. The van der Waals surface area contributed by atoms with Gasteiger partial charge in [-0.05, 0) is 50.5 Å². The van der Waals surface area contributed by atoms with Crippen LogP contribution in [0.5, 0.6) is 0 Å². The summed E-state index contributed by atoms with van der Waals surface area (Å²) in [7, 11) is 0. The second kappa shape index (κ2) is 10.1. The molecule has 2 aromatic carbocycles. The van der Waals surface area contributed by atoms with Crippen LogP contribution < -0.4 is 10.6 Å². The van der Waals surface area contributed by atoms with E-state index in [0.717, 1.165) is 18.4 Å². The Kier molecular flexibility index (Phi) is 6.98. The number of ether oxygens (including phenoxy) is 1. The highest BCUT2D eigenvalue weighted by atomic mass is 35.5. The van der Waals surface area contributed by atoms with E-state index in [1.54, 1.807) is 48.9 Å². The number of para-hydroxylation sites is 1. The van der Waals surface area contributed by atoms with E-state index in [1.807, 2.05) is 18.2 Å². The Labute approximate surface area is 202 Å². The predicted molar refractivity (Wildman–Crippen MR) is 128 cm³/mol. The van der Waals surface area contributed by atoms with Crippen molar-refractivity contribution in [1.29, 1.82) is 0 Å². The van der Waals surface area contributed by atoms with E-state index in [9.17, 15) is 14.4 Å². The smallest absolute Gasteiger partial charge is 0.342 e. The van der Waals surface area contributed by atoms with Gasteiger partial charge in [0.2, 0.25) is 0 Å². The summed E-state index contributed by atoms with van der Waals surface area (Å²) in [6.07, 6.45) is 1.92. The number of aryl methyl sites for hydroxylation is 1. The highest BCUT2D eigenvalue weighted by Crippen LogP contribution is 2.22. The first kappa shape index (κ1) is 23.5. The molecule has 0 aliphatic heterocycles. The quantitative estimate of drug-likeness (QED) is 0.476. The molecule has 34 heavy (non-hydrogen) atoms. The van der Waals surface area contributed by atoms with Gasteiger partial charge in [-0.3, -0.25) is 14.3 Å². The van der Waals surface area contributed by atoms with E-state index in [4.69, 9.17) is 16.3 Å². The van der Waals surface area contributed by atoms with Crippen molar-refractivity contribution in [3.05, 3.63) is 81.6 Å². The molecule has 0 spiro atoms. The summed E-state index contributed by atoms with van der Waals surface area (Å²) in [5, 5.41) is 10.6. The molecule has 176 valence electrons. The van der Waals surface area contributed by atoms with Crippen molar-refractivity contribution < 1.29 is 19.1 Å². The highest BCUT2D eigenvalue weighted by molar-refractivity contribution is 6.31. The number of benzene rings is 2. The topological polar surface area (TPSA) is 102 Å². The molecule has 2 amide bonds. The summed E-state index contributed by atoms with van der Waals surface area (Å²) in [5.41, 5.74) is 3.02. The first-order valence-electron chi connectivity index (χ1n) is 11.0. The van der Waals surface area contributed by atoms with Crippen molar-refractivity contribution in [2.45, 2.75) is 39.3 Å². The van der Waals surface area contributed by atoms with Crippen LogP contribution in [0, 0.1) is 13.8 Å². The molecule has 1 heterocycles. The zero-order valence-corrected chi connectivity index (χ0v) is 19.7. The molecule has 0 atom stereocenters. The van der Waals surface area contributed by atoms with Crippen molar-refractivity contribution in [1.82, 2.24) is 15.1 Å². The number of halogens is 1. The lowest BCUT2D eigenvalue weighted by atomic mass is 10.1. The third-order valence-electron chi connectivity index (χ3n) is 5.56. The summed E-state index contributed by atoms with van der Waals surface area (Å²) >= 11 is 6.24. The van der Waals surface area contributed by atoms with Crippen LogP contribution in [-0.2, 0) is 16.1 Å². The third kappa shape index (κ3) is 5.46. The van der Waals surface area contributed by atoms with E-state index < -0.39 is 18.5 Å². The maximum absolute atomic E-state index is 12.7. The van der Waals surface area contributed by atoms with Gasteiger partial charge in [0, 0.05) is 11.1 Å². The molecule has 9 heteroatoms. The molecule has 0 radical (unpaired) electrons. The van der Waals surface area contributed by atoms with Gasteiger partial charge in [-0.1, -0.05) is 41.9 Å². The Balaban J connectivity index is 1.39. The molecule has 1 fully saturated rings. The molecule has 1 aliphatic carbocycles. The molecule has 3 aromatic rings. The van der Waals surface area contributed by atoms with Gasteiger partial charge in [-0.15, -0.1) is 0 Å². The van der Waals surface area contributed by atoms with Crippen molar-refractivity contribution in [2.75, 3.05) is 11.9 Å². The van der Waals surface area contributed by atoms with Crippen molar-refractivity contribution >= 4 is 35.1 Å². The number of carbonyl (C=O) groups excluding carboxylic acids is 3. The van der Waals surface area contributed by atoms with Crippen LogP contribution in [0.25, 0.3) is 0 Å². The normalized spacial score (nSPS) is 12.8. The Bertz CT molecular complexity index is 1250. The number of nitrogens with one attached hydrogen (secondary N) is 2. The largest absolute Gasteiger partial charge is 0.452 e. The number of carbonyl (C=O) groups is 3. The van der Waals surface area contributed by atoms with E-state index in [-0.39, 0.29) is 11.9 Å². The Morgan fingerprint density at radius 1 is 1.09 bits per heavy atom. The van der Waals surface area contributed by atoms with Crippen LogP contribution in [0.1, 0.15) is 50.5 Å². The molecule has 1 saturated carbocycles. The minimum atomic E-state index is -0.643. The minimum absolute atomic E-state index is 0.197. The van der Waals surface area contributed by atoms with Gasteiger partial charge in [0.1, 0.15) is 5.56 Å². The van der Waals surface area contributed by atoms with Gasteiger partial charge in [0.05, 0.1) is 29.2 Å². The number of esters is 1. The van der Waals surface area contributed by atoms with E-state index in [1.165, 1.54) is 0 Å². The van der Waals surface area contributed by atoms with Crippen molar-refractivity contribution in [3.63, 3.8) is 0 Å².